The van der Waals surface area contributed by atoms with Gasteiger partial charge in [0.1, 0.15) is 6.10 Å². The molecule has 0 fully saturated rings. The van der Waals surface area contributed by atoms with E-state index in [1.165, 1.54) is 56.9 Å². The Hall–Kier alpha value is -1.31. The number of unbranched alkanes of at least 4 members (excludes halogenated alkanes) is 7. The van der Waals surface area contributed by atoms with E-state index in [-0.39, 0.29) is 12.1 Å². The first-order chi connectivity index (χ1) is 12.5. The van der Waals surface area contributed by atoms with Crippen molar-refractivity contribution < 1.29 is 9.53 Å². The summed E-state index contributed by atoms with van der Waals surface area (Å²) in [5.41, 5.74) is 1.97. The number of ether oxygens (including phenoxy) is 1. The molecule has 0 saturated carbocycles. The molecule has 0 bridgehead atoms. The van der Waals surface area contributed by atoms with Crippen LogP contribution < -0.4 is 0 Å². The third-order valence-corrected chi connectivity index (χ3v) is 4.74. The summed E-state index contributed by atoms with van der Waals surface area (Å²) >= 11 is 0. The molecule has 26 heavy (non-hydrogen) atoms. The second-order valence-corrected chi connectivity index (χ2v) is 7.28. The lowest BCUT2D eigenvalue weighted by Crippen LogP contribution is -2.20. The Labute approximate surface area is 162 Å². The van der Waals surface area contributed by atoms with Crippen LogP contribution >= 0.6 is 0 Å². The molecular formula is C24H42O2. The molecule has 1 aromatic carbocycles. The van der Waals surface area contributed by atoms with Crippen LogP contribution in [0.15, 0.2) is 24.3 Å². The van der Waals surface area contributed by atoms with Crippen molar-refractivity contribution in [2.45, 2.75) is 105 Å². The minimum atomic E-state index is -0.213. The zero-order valence-electron chi connectivity index (χ0n) is 18.1. The average molecular weight is 363 g/mol. The van der Waals surface area contributed by atoms with Gasteiger partial charge in [0.15, 0.2) is 0 Å². The molecule has 0 saturated heterocycles. The van der Waals surface area contributed by atoms with Gasteiger partial charge in [-0.25, -0.2) is 4.79 Å². The summed E-state index contributed by atoms with van der Waals surface area (Å²) in [5.74, 6) is 0.130. The first-order valence-corrected chi connectivity index (χ1v) is 10.8. The second-order valence-electron chi connectivity index (χ2n) is 7.28. The van der Waals surface area contributed by atoms with Crippen LogP contribution in [0.25, 0.3) is 0 Å². The van der Waals surface area contributed by atoms with Gasteiger partial charge in [-0.2, -0.15) is 0 Å². The summed E-state index contributed by atoms with van der Waals surface area (Å²) in [6.07, 6.45) is 11.8. The lowest BCUT2D eigenvalue weighted by molar-refractivity contribution is 0.0238. The number of carbonyl (C=O) groups excluding carboxylic acids is 1. The Balaban J connectivity index is 0.00000301. The normalized spacial score (nSPS) is 11.7. The predicted octanol–water partition coefficient (Wildman–Crippen LogP) is 7.60. The van der Waals surface area contributed by atoms with Gasteiger partial charge in [-0.15, -0.1) is 0 Å². The van der Waals surface area contributed by atoms with Crippen LogP contribution in [0.1, 0.15) is 109 Å². The van der Waals surface area contributed by atoms with Crippen LogP contribution in [0.4, 0.5) is 0 Å². The van der Waals surface area contributed by atoms with Gasteiger partial charge >= 0.3 is 5.97 Å². The minimum Gasteiger partial charge on any atom is -0.459 e. The Kier molecular flexibility index (Phi) is 15.1. The lowest BCUT2D eigenvalue weighted by atomic mass is 10.0. The molecule has 0 aromatic heterocycles. The monoisotopic (exact) mass is 362 g/mol. The van der Waals surface area contributed by atoms with Crippen molar-refractivity contribution in [3.05, 3.63) is 35.4 Å². The van der Waals surface area contributed by atoms with Gasteiger partial charge in [0.05, 0.1) is 5.56 Å². The maximum Gasteiger partial charge on any atom is 0.338 e. The third-order valence-electron chi connectivity index (χ3n) is 4.74. The number of benzene rings is 1. The quantitative estimate of drug-likeness (QED) is 0.283. The van der Waals surface area contributed by atoms with E-state index >= 15 is 0 Å². The summed E-state index contributed by atoms with van der Waals surface area (Å²) in [7, 11) is 0. The molecule has 0 spiro atoms. The largest absolute Gasteiger partial charge is 0.459 e. The minimum absolute atomic E-state index is 0.0468. The van der Waals surface area contributed by atoms with E-state index in [1.807, 2.05) is 32.9 Å². The molecular weight excluding hydrogens is 320 g/mol. The van der Waals surface area contributed by atoms with Gasteiger partial charge < -0.3 is 4.74 Å². The number of hydrogen-bond donors (Lipinski definition) is 0. The summed E-state index contributed by atoms with van der Waals surface area (Å²) < 4.78 is 5.45. The zero-order valence-corrected chi connectivity index (χ0v) is 18.1. The van der Waals surface area contributed by atoms with Gasteiger partial charge in [0.25, 0.3) is 0 Å². The molecule has 0 aliphatic rings. The Bertz CT molecular complexity index is 448. The number of esters is 1. The molecule has 1 rings (SSSR count). The van der Waals surface area contributed by atoms with Crippen molar-refractivity contribution in [1.82, 2.24) is 0 Å². The maximum absolute atomic E-state index is 12.1. The van der Waals surface area contributed by atoms with Crippen LogP contribution in [-0.4, -0.2) is 12.1 Å². The summed E-state index contributed by atoms with van der Waals surface area (Å²) in [6, 6.07) is 7.93. The predicted molar refractivity (Wildman–Crippen MR) is 114 cm³/mol. The molecule has 0 amide bonds. The van der Waals surface area contributed by atoms with Gasteiger partial charge in [-0.3, -0.25) is 0 Å². The van der Waals surface area contributed by atoms with Crippen molar-refractivity contribution in [3.8, 4) is 0 Å². The molecule has 0 heterocycles. The Morgan fingerprint density at radius 2 is 1.35 bits per heavy atom. The third kappa shape index (κ3) is 11.3. The van der Waals surface area contributed by atoms with Crippen LogP contribution in [0, 0.1) is 5.92 Å². The Morgan fingerprint density at radius 3 is 1.85 bits per heavy atom. The fourth-order valence-corrected chi connectivity index (χ4v) is 2.64. The number of rotatable bonds is 12. The fourth-order valence-electron chi connectivity index (χ4n) is 2.64. The Morgan fingerprint density at radius 1 is 0.846 bits per heavy atom. The zero-order chi connectivity index (χ0) is 19.8. The van der Waals surface area contributed by atoms with Crippen LogP contribution in [0.2, 0.25) is 0 Å². The number of aryl methyl sites for hydroxylation is 1. The first-order valence-electron chi connectivity index (χ1n) is 10.8. The molecule has 150 valence electrons. The van der Waals surface area contributed by atoms with Gasteiger partial charge in [0, 0.05) is 0 Å². The topological polar surface area (TPSA) is 26.3 Å². The van der Waals surface area contributed by atoms with Gasteiger partial charge in [0.2, 0.25) is 0 Å². The van der Waals surface area contributed by atoms with Gasteiger partial charge in [-0.05, 0) is 43.4 Å². The highest BCUT2D eigenvalue weighted by molar-refractivity contribution is 5.89. The molecule has 1 atom stereocenters. The molecule has 0 aliphatic heterocycles. The van der Waals surface area contributed by atoms with E-state index in [0.29, 0.717) is 11.5 Å². The van der Waals surface area contributed by atoms with E-state index < -0.39 is 0 Å². The molecule has 2 nitrogen and oxygen atoms in total. The molecule has 0 radical (unpaired) electrons. The maximum atomic E-state index is 12.1. The van der Waals surface area contributed by atoms with Crippen LogP contribution in [0.5, 0.6) is 0 Å². The first kappa shape index (κ1) is 24.7. The average Bonchev–Trinajstić information content (AvgIpc) is 2.65. The summed E-state index contributed by atoms with van der Waals surface area (Å²) in [5, 5.41) is 0. The molecule has 2 heteroatoms. The van der Waals surface area contributed by atoms with Crippen molar-refractivity contribution in [2.24, 2.45) is 5.92 Å². The van der Waals surface area contributed by atoms with E-state index in [9.17, 15) is 4.79 Å². The highest BCUT2D eigenvalue weighted by Crippen LogP contribution is 2.14. The summed E-state index contributed by atoms with van der Waals surface area (Å²) in [6.45, 7) is 12.3. The summed E-state index contributed by atoms with van der Waals surface area (Å²) in [4.78, 5) is 12.1. The van der Waals surface area contributed by atoms with Crippen molar-refractivity contribution in [3.63, 3.8) is 0 Å². The molecule has 1 unspecified atom stereocenters. The van der Waals surface area contributed by atoms with Crippen molar-refractivity contribution >= 4 is 5.97 Å². The van der Waals surface area contributed by atoms with E-state index in [0.717, 1.165) is 6.42 Å². The highest BCUT2D eigenvalue weighted by Gasteiger charge is 2.14. The van der Waals surface area contributed by atoms with Crippen molar-refractivity contribution in [1.29, 1.82) is 0 Å². The van der Waals surface area contributed by atoms with E-state index in [1.54, 1.807) is 0 Å². The van der Waals surface area contributed by atoms with Crippen molar-refractivity contribution in [2.75, 3.05) is 0 Å². The van der Waals surface area contributed by atoms with Crippen LogP contribution in [-0.2, 0) is 11.2 Å². The second kappa shape index (κ2) is 15.9. The molecule has 1 aromatic rings. The fraction of sp³-hybridized carbons (Fsp3) is 0.708. The highest BCUT2D eigenvalue weighted by atomic mass is 16.5. The smallest absolute Gasteiger partial charge is 0.338 e. The number of carbonyl (C=O) groups is 1. The SMILES string of the molecule is CC.CCCCCCCCCCc1ccc(C(=O)OC(C)C(C)C)cc1. The number of hydrogen-bond acceptors (Lipinski definition) is 2. The van der Waals surface area contributed by atoms with Gasteiger partial charge in [-0.1, -0.05) is 91.7 Å². The standard InChI is InChI=1S/C22H36O2.C2H6/c1-5-6-7-8-9-10-11-12-13-20-14-16-21(17-15-20)22(23)24-19(4)18(2)3;1-2/h14-19H,5-13H2,1-4H3;1-2H3. The van der Waals surface area contributed by atoms with E-state index in [4.69, 9.17) is 4.74 Å². The van der Waals surface area contributed by atoms with E-state index in [2.05, 4.69) is 32.9 Å². The lowest BCUT2D eigenvalue weighted by Gasteiger charge is -2.16. The van der Waals surface area contributed by atoms with Crippen LogP contribution in [0.3, 0.4) is 0 Å². The molecule has 0 aliphatic carbocycles. The molecule has 0 N–H and O–H groups in total.